The van der Waals surface area contributed by atoms with Gasteiger partial charge < -0.3 is 10.4 Å². The quantitative estimate of drug-likeness (QED) is 0.641. The Morgan fingerprint density at radius 2 is 1.91 bits per heavy atom. The third-order valence-electron chi connectivity index (χ3n) is 2.46. The van der Waals surface area contributed by atoms with Crippen LogP contribution in [0.3, 0.4) is 0 Å². The number of benzene rings is 1. The van der Waals surface area contributed by atoms with Crippen molar-refractivity contribution in [1.82, 2.24) is 4.98 Å². The molecule has 4 nitrogen and oxygen atoms in total. The number of halogens is 4. The molecule has 0 unspecified atom stereocenters. The molecule has 22 heavy (non-hydrogen) atoms. The summed E-state index contributed by atoms with van der Waals surface area (Å²) in [6, 6.07) is 4.81. The number of carbonyl (C=O) groups excluding carboxylic acids is 1. The number of amides is 1. The molecule has 2 rings (SSSR count). The summed E-state index contributed by atoms with van der Waals surface area (Å²) in [5.41, 5.74) is -4.48. The average Bonchev–Trinajstić information content (AvgIpc) is 2.43. The van der Waals surface area contributed by atoms with Gasteiger partial charge >= 0.3 is 5.51 Å². The second kappa shape index (κ2) is 6.45. The smallest absolute Gasteiger partial charge is 0.446 e. The third-order valence-corrected chi connectivity index (χ3v) is 3.45. The van der Waals surface area contributed by atoms with Crippen LogP contribution in [0.2, 0.25) is 5.02 Å². The van der Waals surface area contributed by atoms with Gasteiger partial charge in [0.1, 0.15) is 0 Å². The number of carbonyl (C=O) groups is 1. The van der Waals surface area contributed by atoms with Crippen molar-refractivity contribution in [3.05, 3.63) is 47.2 Å². The third kappa shape index (κ3) is 4.28. The first-order chi connectivity index (χ1) is 10.3. The molecular weight excluding hydrogens is 341 g/mol. The molecule has 0 aliphatic rings. The lowest BCUT2D eigenvalue weighted by Crippen LogP contribution is -2.12. The Kier molecular flexibility index (Phi) is 4.82. The Bertz CT molecular complexity index is 696. The van der Waals surface area contributed by atoms with Gasteiger partial charge in [-0.05, 0) is 36.0 Å². The first-order valence-electron chi connectivity index (χ1n) is 5.76. The van der Waals surface area contributed by atoms with E-state index in [9.17, 15) is 23.1 Å². The van der Waals surface area contributed by atoms with Crippen LogP contribution >= 0.6 is 23.4 Å². The maximum atomic E-state index is 12.4. The number of phenolic OH excluding ortho intramolecular Hbond substituents is 1. The fraction of sp³-hybridized carbons (Fsp3) is 0.0769. The number of nitrogens with one attached hydrogen (secondary N) is 1. The first-order valence-corrected chi connectivity index (χ1v) is 6.95. The molecule has 2 aromatic rings. The molecule has 1 heterocycles. The number of nitrogens with zero attached hydrogens (tertiary/aromatic N) is 1. The van der Waals surface area contributed by atoms with E-state index in [1.807, 2.05) is 0 Å². The minimum absolute atomic E-state index is 0.207. The average molecular weight is 349 g/mol. The van der Waals surface area contributed by atoms with Crippen molar-refractivity contribution < 1.29 is 23.1 Å². The van der Waals surface area contributed by atoms with Crippen molar-refractivity contribution in [3.8, 4) is 5.75 Å². The van der Waals surface area contributed by atoms with Gasteiger partial charge in [-0.2, -0.15) is 13.2 Å². The number of rotatable bonds is 3. The molecule has 1 amide bonds. The van der Waals surface area contributed by atoms with Gasteiger partial charge in [-0.25, -0.2) is 0 Å². The highest BCUT2D eigenvalue weighted by atomic mass is 35.5. The second-order valence-electron chi connectivity index (χ2n) is 4.04. The van der Waals surface area contributed by atoms with Crippen molar-refractivity contribution in [2.75, 3.05) is 5.32 Å². The number of aromatic hydroxyl groups is 1. The van der Waals surface area contributed by atoms with Gasteiger partial charge in [0.05, 0.1) is 10.7 Å². The van der Waals surface area contributed by atoms with Crippen LogP contribution in [-0.2, 0) is 0 Å². The molecule has 0 atom stereocenters. The number of hydrogen-bond donors (Lipinski definition) is 2. The molecular formula is C13H8ClF3N2O2S. The molecule has 2 N–H and O–H groups in total. The minimum Gasteiger partial charge on any atom is -0.504 e. The van der Waals surface area contributed by atoms with Gasteiger partial charge in [0.2, 0.25) is 0 Å². The molecule has 0 saturated heterocycles. The summed E-state index contributed by atoms with van der Waals surface area (Å²) in [6.07, 6.45) is 2.77. The highest BCUT2D eigenvalue weighted by Gasteiger charge is 2.30. The van der Waals surface area contributed by atoms with E-state index < -0.39 is 28.9 Å². The topological polar surface area (TPSA) is 62.2 Å². The zero-order chi connectivity index (χ0) is 16.3. The second-order valence-corrected chi connectivity index (χ2v) is 5.58. The molecule has 0 fully saturated rings. The van der Waals surface area contributed by atoms with Crippen molar-refractivity contribution in [2.45, 2.75) is 10.4 Å². The number of hydrogen-bond acceptors (Lipinski definition) is 4. The maximum Gasteiger partial charge on any atom is 0.446 e. The molecule has 0 aliphatic heterocycles. The summed E-state index contributed by atoms with van der Waals surface area (Å²) in [4.78, 5) is 15.4. The highest BCUT2D eigenvalue weighted by molar-refractivity contribution is 8.00. The summed E-state index contributed by atoms with van der Waals surface area (Å²) in [7, 11) is 0. The van der Waals surface area contributed by atoms with E-state index in [0.717, 1.165) is 12.1 Å². The predicted octanol–water partition coefficient (Wildman–Crippen LogP) is 4.30. The van der Waals surface area contributed by atoms with Crippen LogP contribution in [0.1, 0.15) is 10.4 Å². The van der Waals surface area contributed by atoms with E-state index >= 15 is 0 Å². The Morgan fingerprint density at radius 1 is 1.27 bits per heavy atom. The Morgan fingerprint density at radius 3 is 2.50 bits per heavy atom. The molecule has 9 heteroatoms. The number of anilines is 1. The van der Waals surface area contributed by atoms with E-state index in [2.05, 4.69) is 10.3 Å². The van der Waals surface area contributed by atoms with Crippen LogP contribution in [0.15, 0.2) is 41.6 Å². The van der Waals surface area contributed by atoms with E-state index in [4.69, 9.17) is 11.6 Å². The fourth-order valence-corrected chi connectivity index (χ4v) is 2.46. The first kappa shape index (κ1) is 16.4. The fourth-order valence-electron chi connectivity index (χ4n) is 1.56. The lowest BCUT2D eigenvalue weighted by Gasteiger charge is -2.12. The van der Waals surface area contributed by atoms with E-state index in [1.165, 1.54) is 24.5 Å². The van der Waals surface area contributed by atoms with Crippen molar-refractivity contribution >= 4 is 35.0 Å². The minimum atomic E-state index is -4.51. The Balaban J connectivity index is 2.28. The molecule has 116 valence electrons. The summed E-state index contributed by atoms with van der Waals surface area (Å²) in [5.74, 6) is -1.11. The van der Waals surface area contributed by atoms with Crippen LogP contribution < -0.4 is 5.32 Å². The SMILES string of the molecule is O=C(Nc1cc(SC(F)(F)F)cc(Cl)c1O)c1ccncc1. The number of phenols is 1. The summed E-state index contributed by atoms with van der Waals surface area (Å²) < 4.78 is 37.2. The number of alkyl halides is 3. The summed E-state index contributed by atoms with van der Waals surface area (Å²) in [6.45, 7) is 0. The zero-order valence-electron chi connectivity index (χ0n) is 10.7. The Labute approximate surface area is 132 Å². The van der Waals surface area contributed by atoms with E-state index in [-0.39, 0.29) is 21.2 Å². The molecule has 0 saturated carbocycles. The molecule has 1 aromatic carbocycles. The van der Waals surface area contributed by atoms with Gasteiger partial charge in [-0.15, -0.1) is 0 Å². The van der Waals surface area contributed by atoms with Gasteiger partial charge in [0.15, 0.2) is 5.75 Å². The van der Waals surface area contributed by atoms with Crippen LogP contribution in [0.4, 0.5) is 18.9 Å². The maximum absolute atomic E-state index is 12.4. The van der Waals surface area contributed by atoms with Gasteiger partial charge in [0, 0.05) is 22.9 Å². The van der Waals surface area contributed by atoms with E-state index in [0.29, 0.717) is 0 Å². The largest absolute Gasteiger partial charge is 0.504 e. The van der Waals surface area contributed by atoms with Crippen molar-refractivity contribution in [2.24, 2.45) is 0 Å². The van der Waals surface area contributed by atoms with E-state index in [1.54, 1.807) is 0 Å². The Hall–Kier alpha value is -1.93. The molecule has 0 bridgehead atoms. The number of aromatic nitrogens is 1. The molecule has 1 aromatic heterocycles. The lowest BCUT2D eigenvalue weighted by atomic mass is 10.2. The van der Waals surface area contributed by atoms with Gasteiger partial charge in [-0.3, -0.25) is 9.78 Å². The molecule has 0 aliphatic carbocycles. The molecule has 0 radical (unpaired) electrons. The number of thioether (sulfide) groups is 1. The number of pyridine rings is 1. The summed E-state index contributed by atoms with van der Waals surface area (Å²) >= 11 is 5.29. The molecule has 0 spiro atoms. The van der Waals surface area contributed by atoms with Crippen molar-refractivity contribution in [3.63, 3.8) is 0 Å². The standard InChI is InChI=1S/C13H8ClF3N2O2S/c14-9-5-8(22-13(15,16)17)6-10(11(9)20)19-12(21)7-1-3-18-4-2-7/h1-6,20H,(H,19,21). The lowest BCUT2D eigenvalue weighted by molar-refractivity contribution is -0.0328. The van der Waals surface area contributed by atoms with Crippen LogP contribution in [0, 0.1) is 0 Å². The normalized spacial score (nSPS) is 11.3. The monoisotopic (exact) mass is 348 g/mol. The summed E-state index contributed by atoms with van der Waals surface area (Å²) in [5, 5.41) is 11.8. The van der Waals surface area contributed by atoms with Crippen LogP contribution in [0.25, 0.3) is 0 Å². The van der Waals surface area contributed by atoms with Crippen molar-refractivity contribution in [1.29, 1.82) is 0 Å². The van der Waals surface area contributed by atoms with Gasteiger partial charge in [0.25, 0.3) is 5.91 Å². The van der Waals surface area contributed by atoms with Gasteiger partial charge in [-0.1, -0.05) is 11.6 Å². The zero-order valence-corrected chi connectivity index (χ0v) is 12.3. The van der Waals surface area contributed by atoms with Crippen LogP contribution in [0.5, 0.6) is 5.75 Å². The highest BCUT2D eigenvalue weighted by Crippen LogP contribution is 2.42. The predicted molar refractivity (Wildman–Crippen MR) is 77.2 cm³/mol. The van der Waals surface area contributed by atoms with Crippen LogP contribution in [-0.4, -0.2) is 21.5 Å².